The van der Waals surface area contributed by atoms with Crippen LogP contribution >= 0.6 is 0 Å². The number of rotatable bonds is 3. The van der Waals surface area contributed by atoms with E-state index in [1.807, 2.05) is 0 Å². The maximum Gasteiger partial charge on any atom is 0.0499 e. The van der Waals surface area contributed by atoms with Crippen LogP contribution in [0.3, 0.4) is 0 Å². The van der Waals surface area contributed by atoms with Gasteiger partial charge in [0.05, 0.1) is 0 Å². The van der Waals surface area contributed by atoms with Crippen LogP contribution in [0.1, 0.15) is 32.6 Å². The van der Waals surface area contributed by atoms with Gasteiger partial charge in [-0.2, -0.15) is 0 Å². The summed E-state index contributed by atoms with van der Waals surface area (Å²) < 4.78 is 0. The summed E-state index contributed by atoms with van der Waals surface area (Å²) in [4.78, 5) is 4.99. The largest absolute Gasteiger partial charge is 0.396 e. The highest BCUT2D eigenvalue weighted by molar-refractivity contribution is 4.90. The average molecular weight is 226 g/mol. The summed E-state index contributed by atoms with van der Waals surface area (Å²) in [5.41, 5.74) is 0.226. The minimum absolute atomic E-state index is 0.226. The first-order valence-electron chi connectivity index (χ1n) is 6.69. The van der Waals surface area contributed by atoms with Crippen molar-refractivity contribution < 1.29 is 5.11 Å². The molecule has 0 spiro atoms. The molecule has 1 atom stereocenters. The first-order valence-corrected chi connectivity index (χ1v) is 6.69. The van der Waals surface area contributed by atoms with Crippen LogP contribution in [0.2, 0.25) is 0 Å². The zero-order chi connectivity index (χ0) is 11.6. The summed E-state index contributed by atoms with van der Waals surface area (Å²) in [5.74, 6) is 0. The van der Waals surface area contributed by atoms with E-state index in [0.29, 0.717) is 12.6 Å². The Labute approximate surface area is 99.4 Å². The molecule has 0 aromatic heterocycles. The molecule has 0 radical (unpaired) electrons. The number of nitrogens with zero attached hydrogens (tertiary/aromatic N) is 2. The topological polar surface area (TPSA) is 26.7 Å². The smallest absolute Gasteiger partial charge is 0.0499 e. The van der Waals surface area contributed by atoms with Crippen molar-refractivity contribution in [2.45, 2.75) is 38.6 Å². The highest BCUT2D eigenvalue weighted by atomic mass is 16.3. The second kappa shape index (κ2) is 5.03. The van der Waals surface area contributed by atoms with Crippen molar-refractivity contribution in [3.63, 3.8) is 0 Å². The van der Waals surface area contributed by atoms with Crippen molar-refractivity contribution >= 4 is 0 Å². The van der Waals surface area contributed by atoms with E-state index < -0.39 is 0 Å². The predicted molar refractivity (Wildman–Crippen MR) is 66.5 cm³/mol. The van der Waals surface area contributed by atoms with E-state index in [9.17, 15) is 5.11 Å². The molecule has 0 aromatic rings. The highest BCUT2D eigenvalue weighted by Crippen LogP contribution is 2.38. The molecule has 2 rings (SSSR count). The van der Waals surface area contributed by atoms with E-state index >= 15 is 0 Å². The molecule has 1 aliphatic heterocycles. The first-order chi connectivity index (χ1) is 7.65. The Hall–Kier alpha value is -0.120. The molecule has 0 amide bonds. The fourth-order valence-corrected chi connectivity index (χ4v) is 3.33. The molecule has 94 valence electrons. The molecule has 2 aliphatic rings. The van der Waals surface area contributed by atoms with E-state index in [1.165, 1.54) is 45.3 Å². The summed E-state index contributed by atoms with van der Waals surface area (Å²) in [6.07, 6.45) is 5.07. The van der Waals surface area contributed by atoms with Crippen LogP contribution in [-0.2, 0) is 0 Å². The second-order valence-electron chi connectivity index (χ2n) is 5.95. The molecule has 1 saturated carbocycles. The van der Waals surface area contributed by atoms with E-state index in [0.717, 1.165) is 6.54 Å². The third kappa shape index (κ3) is 2.58. The van der Waals surface area contributed by atoms with Gasteiger partial charge in [0, 0.05) is 44.2 Å². The minimum atomic E-state index is 0.226. The van der Waals surface area contributed by atoms with E-state index in [-0.39, 0.29) is 5.41 Å². The van der Waals surface area contributed by atoms with Gasteiger partial charge in [-0.05, 0) is 26.8 Å². The van der Waals surface area contributed by atoms with Crippen molar-refractivity contribution in [3.05, 3.63) is 0 Å². The molecule has 1 unspecified atom stereocenters. The SMILES string of the molecule is CC1CN(C)CCN1CC1(CO)CCCC1. The molecular weight excluding hydrogens is 200 g/mol. The Kier molecular flexibility index (Phi) is 3.88. The second-order valence-corrected chi connectivity index (χ2v) is 5.95. The van der Waals surface area contributed by atoms with Gasteiger partial charge in [-0.1, -0.05) is 12.8 Å². The van der Waals surface area contributed by atoms with Crippen molar-refractivity contribution in [1.82, 2.24) is 9.80 Å². The maximum absolute atomic E-state index is 9.65. The number of likely N-dealkylation sites (N-methyl/N-ethyl adjacent to an activating group) is 1. The molecule has 16 heavy (non-hydrogen) atoms. The summed E-state index contributed by atoms with van der Waals surface area (Å²) in [6.45, 7) is 7.31. The monoisotopic (exact) mass is 226 g/mol. The van der Waals surface area contributed by atoms with Gasteiger partial charge in [-0.15, -0.1) is 0 Å². The van der Waals surface area contributed by atoms with Gasteiger partial charge in [0.1, 0.15) is 0 Å². The van der Waals surface area contributed by atoms with E-state index in [2.05, 4.69) is 23.8 Å². The van der Waals surface area contributed by atoms with Crippen LogP contribution in [0.15, 0.2) is 0 Å². The normalized spacial score (nSPS) is 32.1. The van der Waals surface area contributed by atoms with Crippen LogP contribution in [0, 0.1) is 5.41 Å². The lowest BCUT2D eigenvalue weighted by Crippen LogP contribution is -2.53. The van der Waals surface area contributed by atoms with Gasteiger partial charge < -0.3 is 10.0 Å². The predicted octanol–water partition coefficient (Wildman–Crippen LogP) is 1.17. The first kappa shape index (κ1) is 12.3. The fourth-order valence-electron chi connectivity index (χ4n) is 3.33. The lowest BCUT2D eigenvalue weighted by Gasteiger charge is -2.42. The quantitative estimate of drug-likeness (QED) is 0.783. The number of aliphatic hydroxyl groups is 1. The third-order valence-corrected chi connectivity index (χ3v) is 4.51. The van der Waals surface area contributed by atoms with Crippen LogP contribution in [0.25, 0.3) is 0 Å². The van der Waals surface area contributed by atoms with Crippen LogP contribution in [-0.4, -0.2) is 60.8 Å². The highest BCUT2D eigenvalue weighted by Gasteiger charge is 2.36. The van der Waals surface area contributed by atoms with Crippen LogP contribution < -0.4 is 0 Å². The zero-order valence-electron chi connectivity index (χ0n) is 10.8. The Morgan fingerprint density at radius 2 is 1.94 bits per heavy atom. The van der Waals surface area contributed by atoms with Crippen molar-refractivity contribution in [3.8, 4) is 0 Å². The molecule has 2 fully saturated rings. The van der Waals surface area contributed by atoms with Crippen LogP contribution in [0.4, 0.5) is 0 Å². The minimum Gasteiger partial charge on any atom is -0.396 e. The van der Waals surface area contributed by atoms with Gasteiger partial charge in [0.15, 0.2) is 0 Å². The van der Waals surface area contributed by atoms with Crippen molar-refractivity contribution in [2.24, 2.45) is 5.41 Å². The van der Waals surface area contributed by atoms with Gasteiger partial charge in [0.25, 0.3) is 0 Å². The Bertz CT molecular complexity index is 226. The lowest BCUT2D eigenvalue weighted by molar-refractivity contribution is 0.0278. The molecule has 1 heterocycles. The van der Waals surface area contributed by atoms with Gasteiger partial charge in [-0.25, -0.2) is 0 Å². The van der Waals surface area contributed by atoms with Crippen LogP contribution in [0.5, 0.6) is 0 Å². The van der Waals surface area contributed by atoms with Crippen molar-refractivity contribution in [2.75, 3.05) is 39.8 Å². The number of hydrogen-bond donors (Lipinski definition) is 1. The summed E-state index contributed by atoms with van der Waals surface area (Å²) in [6, 6.07) is 0.641. The zero-order valence-corrected chi connectivity index (χ0v) is 10.8. The number of piperazine rings is 1. The summed E-state index contributed by atoms with van der Waals surface area (Å²) in [5, 5.41) is 9.65. The molecule has 1 saturated heterocycles. The van der Waals surface area contributed by atoms with Crippen molar-refractivity contribution in [1.29, 1.82) is 0 Å². The van der Waals surface area contributed by atoms with Gasteiger partial charge >= 0.3 is 0 Å². The molecule has 0 aromatic carbocycles. The molecule has 3 nitrogen and oxygen atoms in total. The molecule has 0 bridgehead atoms. The fraction of sp³-hybridized carbons (Fsp3) is 1.00. The average Bonchev–Trinajstić information content (AvgIpc) is 2.72. The molecular formula is C13H26N2O. The van der Waals surface area contributed by atoms with Gasteiger partial charge in [0.2, 0.25) is 0 Å². The van der Waals surface area contributed by atoms with Gasteiger partial charge in [-0.3, -0.25) is 4.90 Å². The Morgan fingerprint density at radius 1 is 1.25 bits per heavy atom. The van der Waals surface area contributed by atoms with E-state index in [1.54, 1.807) is 0 Å². The molecule has 3 heteroatoms. The summed E-state index contributed by atoms with van der Waals surface area (Å²) in [7, 11) is 2.20. The van der Waals surface area contributed by atoms with E-state index in [4.69, 9.17) is 0 Å². The summed E-state index contributed by atoms with van der Waals surface area (Å²) >= 11 is 0. The lowest BCUT2D eigenvalue weighted by atomic mass is 9.86. The third-order valence-electron chi connectivity index (χ3n) is 4.51. The number of aliphatic hydroxyl groups excluding tert-OH is 1. The standard InChI is InChI=1S/C13H26N2O/c1-12-9-14(2)7-8-15(12)10-13(11-16)5-3-4-6-13/h12,16H,3-11H2,1-2H3. The Balaban J connectivity index is 1.92. The molecule has 1 N–H and O–H groups in total. The Morgan fingerprint density at radius 3 is 2.50 bits per heavy atom. The molecule has 1 aliphatic carbocycles. The number of hydrogen-bond acceptors (Lipinski definition) is 3. The maximum atomic E-state index is 9.65.